The van der Waals surface area contributed by atoms with E-state index < -0.39 is 5.91 Å². The Morgan fingerprint density at radius 2 is 1.82 bits per heavy atom. The zero-order valence-corrected chi connectivity index (χ0v) is 17.2. The van der Waals surface area contributed by atoms with Crippen LogP contribution in [0.15, 0.2) is 53.9 Å². The highest BCUT2D eigenvalue weighted by molar-refractivity contribution is 7.14. The van der Waals surface area contributed by atoms with Crippen molar-refractivity contribution >= 4 is 22.4 Å². The van der Waals surface area contributed by atoms with Crippen LogP contribution in [0.25, 0.3) is 11.3 Å². The fraction of sp³-hybridized carbons (Fsp3) is 0.273. The molecule has 146 valence electrons. The lowest BCUT2D eigenvalue weighted by atomic mass is 10.1. The molecule has 0 bridgehead atoms. The van der Waals surface area contributed by atoms with Crippen LogP contribution in [0.3, 0.4) is 0 Å². The summed E-state index contributed by atoms with van der Waals surface area (Å²) >= 11 is 1.65. The van der Waals surface area contributed by atoms with E-state index in [1.807, 2.05) is 12.1 Å². The largest absolute Gasteiger partial charge is 0.343 e. The van der Waals surface area contributed by atoms with Crippen LogP contribution in [0, 0.1) is 12.8 Å². The molecule has 3 rings (SSSR count). The predicted octanol–water partition coefficient (Wildman–Crippen LogP) is 4.90. The fourth-order valence-corrected chi connectivity index (χ4v) is 3.81. The number of aromatic nitrogens is 1. The van der Waals surface area contributed by atoms with Crippen molar-refractivity contribution in [1.29, 1.82) is 0 Å². The number of carbonyl (C=O) groups is 1. The number of amides is 1. The van der Waals surface area contributed by atoms with E-state index in [1.165, 1.54) is 5.56 Å². The zero-order chi connectivity index (χ0) is 20.1. The first-order chi connectivity index (χ1) is 13.5. The number of nitrogens with one attached hydrogen (secondary N) is 1. The minimum Gasteiger partial charge on any atom is -0.343 e. The highest BCUT2D eigenvalue weighted by Crippen LogP contribution is 2.29. The number of thiazole rings is 1. The van der Waals surface area contributed by atoms with Crippen LogP contribution in [-0.4, -0.2) is 22.6 Å². The van der Waals surface area contributed by atoms with Crippen molar-refractivity contribution in [3.05, 3.63) is 70.6 Å². The van der Waals surface area contributed by atoms with E-state index in [0.29, 0.717) is 18.0 Å². The molecule has 1 heterocycles. The van der Waals surface area contributed by atoms with E-state index in [4.69, 9.17) is 10.2 Å². The second-order valence-electron chi connectivity index (χ2n) is 7.29. The molecule has 0 aliphatic rings. The third-order valence-electron chi connectivity index (χ3n) is 4.39. The lowest BCUT2D eigenvalue weighted by molar-refractivity contribution is 0.0706. The van der Waals surface area contributed by atoms with Gasteiger partial charge in [-0.15, -0.1) is 11.3 Å². The summed E-state index contributed by atoms with van der Waals surface area (Å²) in [5.41, 5.74) is 6.52. The molecule has 6 heteroatoms. The van der Waals surface area contributed by atoms with Crippen LogP contribution in [0.5, 0.6) is 0 Å². The number of anilines is 1. The van der Waals surface area contributed by atoms with E-state index >= 15 is 0 Å². The minimum absolute atomic E-state index is 0.428. The van der Waals surface area contributed by atoms with Gasteiger partial charge < -0.3 is 4.90 Å². The van der Waals surface area contributed by atoms with Crippen LogP contribution in [0.1, 0.15) is 35.3 Å². The molecule has 3 aromatic rings. The van der Waals surface area contributed by atoms with Crippen molar-refractivity contribution in [2.45, 2.75) is 27.3 Å². The average Bonchev–Trinajstić information content (AvgIpc) is 3.18. The first kappa shape index (κ1) is 20.0. The highest BCUT2D eigenvalue weighted by Gasteiger charge is 2.15. The Kier molecular flexibility index (Phi) is 6.44. The molecule has 0 saturated heterocycles. The summed E-state index contributed by atoms with van der Waals surface area (Å²) in [7, 11) is 0. The maximum Gasteiger partial charge on any atom is 0.274 e. The molecule has 0 aliphatic heterocycles. The topological polar surface area (TPSA) is 65.5 Å². The zero-order valence-electron chi connectivity index (χ0n) is 16.3. The number of hydroxylamine groups is 1. The molecule has 5 nitrogen and oxygen atoms in total. The third-order valence-corrected chi connectivity index (χ3v) is 5.29. The van der Waals surface area contributed by atoms with E-state index in [2.05, 4.69) is 55.3 Å². The minimum atomic E-state index is -0.506. The Balaban J connectivity index is 1.80. The second kappa shape index (κ2) is 8.99. The lowest BCUT2D eigenvalue weighted by Gasteiger charge is -2.24. The SMILES string of the molecule is Cc1ccc(-c2csc(N(Cc3ccc(C(=O)NO)cc3)CC(C)C)n2)cc1. The highest BCUT2D eigenvalue weighted by atomic mass is 32.1. The van der Waals surface area contributed by atoms with Gasteiger partial charge in [0.1, 0.15) is 0 Å². The number of carbonyl (C=O) groups excluding carboxylic acids is 1. The predicted molar refractivity (Wildman–Crippen MR) is 114 cm³/mol. The maximum absolute atomic E-state index is 11.5. The van der Waals surface area contributed by atoms with Gasteiger partial charge in [-0.1, -0.05) is 55.8 Å². The summed E-state index contributed by atoms with van der Waals surface area (Å²) in [6.45, 7) is 8.06. The summed E-state index contributed by atoms with van der Waals surface area (Å²) < 4.78 is 0. The Bertz CT molecular complexity index is 918. The standard InChI is InChI=1S/C22H25N3O2S/c1-15(2)12-25(13-17-6-10-19(11-7-17)21(26)24-27)22-23-20(14-28-22)18-8-4-16(3)5-9-18/h4-11,14-15,27H,12-13H2,1-3H3,(H,24,26). The van der Waals surface area contributed by atoms with E-state index in [-0.39, 0.29) is 0 Å². The third kappa shape index (κ3) is 4.97. The second-order valence-corrected chi connectivity index (χ2v) is 8.13. The molecule has 0 spiro atoms. The molecule has 2 N–H and O–H groups in total. The molecule has 0 aliphatic carbocycles. The van der Waals surface area contributed by atoms with Gasteiger partial charge >= 0.3 is 0 Å². The van der Waals surface area contributed by atoms with E-state index in [0.717, 1.165) is 28.5 Å². The summed E-state index contributed by atoms with van der Waals surface area (Å²) in [6, 6.07) is 15.7. The summed E-state index contributed by atoms with van der Waals surface area (Å²) in [5, 5.41) is 11.8. The number of rotatable bonds is 7. The monoisotopic (exact) mass is 395 g/mol. The van der Waals surface area contributed by atoms with E-state index in [1.54, 1.807) is 28.9 Å². The van der Waals surface area contributed by atoms with Crippen molar-refractivity contribution in [3.63, 3.8) is 0 Å². The van der Waals surface area contributed by atoms with Gasteiger partial charge in [0.25, 0.3) is 5.91 Å². The summed E-state index contributed by atoms with van der Waals surface area (Å²) in [4.78, 5) is 18.6. The normalized spacial score (nSPS) is 10.9. The Morgan fingerprint density at radius 1 is 1.14 bits per heavy atom. The average molecular weight is 396 g/mol. The number of aryl methyl sites for hydroxylation is 1. The molecular formula is C22H25N3O2S. The number of hydrogen-bond acceptors (Lipinski definition) is 5. The fourth-order valence-electron chi connectivity index (χ4n) is 2.96. The first-order valence-electron chi connectivity index (χ1n) is 9.27. The molecule has 0 saturated carbocycles. The van der Waals surface area contributed by atoms with Crippen LogP contribution in [-0.2, 0) is 6.54 Å². The molecule has 1 amide bonds. The quantitative estimate of drug-likeness (QED) is 0.441. The van der Waals surface area contributed by atoms with Crippen molar-refractivity contribution in [3.8, 4) is 11.3 Å². The van der Waals surface area contributed by atoms with Gasteiger partial charge in [0.05, 0.1) is 5.69 Å². The van der Waals surface area contributed by atoms with Crippen molar-refractivity contribution < 1.29 is 10.0 Å². The van der Waals surface area contributed by atoms with Crippen LogP contribution in [0.4, 0.5) is 5.13 Å². The van der Waals surface area contributed by atoms with Crippen LogP contribution >= 0.6 is 11.3 Å². The Morgan fingerprint density at radius 3 is 2.43 bits per heavy atom. The summed E-state index contributed by atoms with van der Waals surface area (Å²) in [5.74, 6) is -0.0144. The Labute approximate surface area is 169 Å². The number of benzene rings is 2. The summed E-state index contributed by atoms with van der Waals surface area (Å²) in [6.07, 6.45) is 0. The molecule has 0 radical (unpaired) electrons. The lowest BCUT2D eigenvalue weighted by Crippen LogP contribution is -2.27. The molecule has 1 aromatic heterocycles. The maximum atomic E-state index is 11.5. The van der Waals surface area contributed by atoms with Gasteiger partial charge in [-0.25, -0.2) is 10.5 Å². The molecule has 0 unspecified atom stereocenters. The van der Waals surface area contributed by atoms with E-state index in [9.17, 15) is 4.79 Å². The Hall–Kier alpha value is -2.70. The van der Waals surface area contributed by atoms with Crippen molar-refractivity contribution in [2.24, 2.45) is 5.92 Å². The van der Waals surface area contributed by atoms with Crippen LogP contribution < -0.4 is 10.4 Å². The van der Waals surface area contributed by atoms with Gasteiger partial charge in [0, 0.05) is 29.6 Å². The van der Waals surface area contributed by atoms with Gasteiger partial charge in [-0.05, 0) is 30.5 Å². The molecule has 0 fully saturated rings. The van der Waals surface area contributed by atoms with Crippen LogP contribution in [0.2, 0.25) is 0 Å². The van der Waals surface area contributed by atoms with Crippen molar-refractivity contribution in [1.82, 2.24) is 10.5 Å². The van der Waals surface area contributed by atoms with Gasteiger partial charge in [0.15, 0.2) is 5.13 Å². The van der Waals surface area contributed by atoms with Gasteiger partial charge in [-0.2, -0.15) is 0 Å². The molecule has 0 atom stereocenters. The number of nitrogens with zero attached hydrogens (tertiary/aromatic N) is 2. The van der Waals surface area contributed by atoms with Gasteiger partial charge in [-0.3, -0.25) is 10.0 Å². The molecule has 28 heavy (non-hydrogen) atoms. The number of hydrogen-bond donors (Lipinski definition) is 2. The van der Waals surface area contributed by atoms with Gasteiger partial charge in [0.2, 0.25) is 0 Å². The first-order valence-corrected chi connectivity index (χ1v) is 10.1. The molecular weight excluding hydrogens is 370 g/mol. The molecule has 2 aromatic carbocycles. The smallest absolute Gasteiger partial charge is 0.274 e. The van der Waals surface area contributed by atoms with Crippen molar-refractivity contribution in [2.75, 3.05) is 11.4 Å².